The zero-order valence-electron chi connectivity index (χ0n) is 10.8. The minimum absolute atomic E-state index is 0.0381. The number of hydrogen-bond acceptors (Lipinski definition) is 3. The van der Waals surface area contributed by atoms with Gasteiger partial charge in [-0.1, -0.05) is 18.2 Å². The molecule has 2 rings (SSSR count). The predicted molar refractivity (Wildman–Crippen MR) is 71.6 cm³/mol. The van der Waals surface area contributed by atoms with E-state index in [1.165, 1.54) is 0 Å². The van der Waals surface area contributed by atoms with E-state index in [2.05, 4.69) is 15.5 Å². The molecular weight excluding hydrogens is 242 g/mol. The molecule has 0 aliphatic carbocycles. The monoisotopic (exact) mass is 259 g/mol. The first-order valence-electron chi connectivity index (χ1n) is 6.19. The second-order valence-corrected chi connectivity index (χ2v) is 4.43. The molecule has 1 aromatic heterocycles. The van der Waals surface area contributed by atoms with Crippen LogP contribution in [0.4, 0.5) is 0 Å². The van der Waals surface area contributed by atoms with Gasteiger partial charge in [0, 0.05) is 24.2 Å². The predicted octanol–water partition coefficient (Wildman–Crippen LogP) is 1.67. The highest BCUT2D eigenvalue weighted by molar-refractivity contribution is 5.76. The van der Waals surface area contributed by atoms with Crippen molar-refractivity contribution in [3.05, 3.63) is 47.3 Å². The molecule has 1 amide bonds. The summed E-state index contributed by atoms with van der Waals surface area (Å²) in [4.78, 5) is 11.7. The molecule has 2 aromatic rings. The highest BCUT2D eigenvalue weighted by Crippen LogP contribution is 2.17. The van der Waals surface area contributed by atoms with Crippen molar-refractivity contribution in [2.75, 3.05) is 0 Å². The number of para-hydroxylation sites is 1. The Kier molecular flexibility index (Phi) is 4.18. The van der Waals surface area contributed by atoms with Gasteiger partial charge in [0.25, 0.3) is 0 Å². The number of benzene rings is 1. The number of nitrogens with zero attached hydrogens (tertiary/aromatic N) is 1. The summed E-state index contributed by atoms with van der Waals surface area (Å²) in [6.45, 7) is 2.39. The second kappa shape index (κ2) is 6.04. The molecule has 0 spiro atoms. The Morgan fingerprint density at radius 1 is 1.37 bits per heavy atom. The third kappa shape index (κ3) is 3.58. The molecule has 3 N–H and O–H groups in total. The average Bonchev–Trinajstić information content (AvgIpc) is 2.81. The standard InChI is InChI=1S/C14H17N3O2/c1-10-12(9-16-17-10)8-15-14(19)7-6-11-4-2-3-5-13(11)18/h2-5,9,18H,6-8H2,1H3,(H,15,19)(H,16,17). The number of hydrogen-bond donors (Lipinski definition) is 3. The number of carbonyl (C=O) groups is 1. The Morgan fingerprint density at radius 2 is 2.16 bits per heavy atom. The molecule has 5 nitrogen and oxygen atoms in total. The maximum absolute atomic E-state index is 11.7. The summed E-state index contributed by atoms with van der Waals surface area (Å²) < 4.78 is 0. The van der Waals surface area contributed by atoms with Crippen LogP contribution in [-0.2, 0) is 17.8 Å². The van der Waals surface area contributed by atoms with Gasteiger partial charge in [0.05, 0.1) is 6.20 Å². The van der Waals surface area contributed by atoms with E-state index in [0.29, 0.717) is 19.4 Å². The van der Waals surface area contributed by atoms with Gasteiger partial charge >= 0.3 is 0 Å². The second-order valence-electron chi connectivity index (χ2n) is 4.43. The lowest BCUT2D eigenvalue weighted by Gasteiger charge is -2.06. The summed E-state index contributed by atoms with van der Waals surface area (Å²) in [5.41, 5.74) is 2.73. The SMILES string of the molecule is Cc1[nH]ncc1CNC(=O)CCc1ccccc1O. The van der Waals surface area contributed by atoms with Crippen molar-refractivity contribution in [3.63, 3.8) is 0 Å². The van der Waals surface area contributed by atoms with E-state index in [1.54, 1.807) is 18.3 Å². The Bertz CT molecular complexity index is 563. The van der Waals surface area contributed by atoms with Crippen LogP contribution in [0.5, 0.6) is 5.75 Å². The maximum atomic E-state index is 11.7. The number of aromatic hydroxyl groups is 1. The number of phenolic OH excluding ortho intramolecular Hbond substituents is 1. The van der Waals surface area contributed by atoms with E-state index < -0.39 is 0 Å². The molecule has 0 saturated heterocycles. The molecule has 0 radical (unpaired) electrons. The Hall–Kier alpha value is -2.30. The first-order valence-corrected chi connectivity index (χ1v) is 6.19. The van der Waals surface area contributed by atoms with Gasteiger partial charge in [-0.15, -0.1) is 0 Å². The van der Waals surface area contributed by atoms with E-state index >= 15 is 0 Å². The minimum Gasteiger partial charge on any atom is -0.508 e. The normalized spacial score (nSPS) is 10.4. The zero-order valence-corrected chi connectivity index (χ0v) is 10.8. The molecule has 1 aromatic carbocycles. The summed E-state index contributed by atoms with van der Waals surface area (Å²) in [5.74, 6) is 0.199. The number of aryl methyl sites for hydroxylation is 2. The minimum atomic E-state index is -0.0381. The molecule has 0 aliphatic heterocycles. The quantitative estimate of drug-likeness (QED) is 0.764. The smallest absolute Gasteiger partial charge is 0.220 e. The summed E-state index contributed by atoms with van der Waals surface area (Å²) >= 11 is 0. The lowest BCUT2D eigenvalue weighted by Crippen LogP contribution is -2.23. The molecule has 0 atom stereocenters. The van der Waals surface area contributed by atoms with Gasteiger partial charge in [0.2, 0.25) is 5.91 Å². The molecule has 0 aliphatic rings. The van der Waals surface area contributed by atoms with Crippen molar-refractivity contribution in [1.29, 1.82) is 0 Å². The van der Waals surface area contributed by atoms with Crippen LogP contribution in [-0.4, -0.2) is 21.2 Å². The third-order valence-electron chi connectivity index (χ3n) is 3.02. The molecule has 100 valence electrons. The fraction of sp³-hybridized carbons (Fsp3) is 0.286. The molecule has 0 unspecified atom stereocenters. The molecule has 1 heterocycles. The topological polar surface area (TPSA) is 78.0 Å². The molecule has 19 heavy (non-hydrogen) atoms. The number of H-pyrrole nitrogens is 1. The van der Waals surface area contributed by atoms with Crippen molar-refractivity contribution < 1.29 is 9.90 Å². The van der Waals surface area contributed by atoms with Crippen molar-refractivity contribution in [1.82, 2.24) is 15.5 Å². The van der Waals surface area contributed by atoms with Crippen LogP contribution in [0.1, 0.15) is 23.2 Å². The fourth-order valence-corrected chi connectivity index (χ4v) is 1.81. The number of amides is 1. The fourth-order valence-electron chi connectivity index (χ4n) is 1.81. The third-order valence-corrected chi connectivity index (χ3v) is 3.02. The lowest BCUT2D eigenvalue weighted by atomic mass is 10.1. The van der Waals surface area contributed by atoms with Crippen molar-refractivity contribution in [2.45, 2.75) is 26.3 Å². The van der Waals surface area contributed by atoms with Crippen molar-refractivity contribution >= 4 is 5.91 Å². The molecule has 5 heteroatoms. The summed E-state index contributed by atoms with van der Waals surface area (Å²) in [5, 5.41) is 19.1. The van der Waals surface area contributed by atoms with Crippen molar-refractivity contribution in [2.24, 2.45) is 0 Å². The van der Waals surface area contributed by atoms with Crippen LogP contribution in [0.3, 0.4) is 0 Å². The van der Waals surface area contributed by atoms with Gasteiger partial charge in [0.1, 0.15) is 5.75 Å². The van der Waals surface area contributed by atoms with E-state index in [9.17, 15) is 9.90 Å². The largest absolute Gasteiger partial charge is 0.508 e. The van der Waals surface area contributed by atoms with E-state index in [4.69, 9.17) is 0 Å². The Labute approximate surface area is 111 Å². The maximum Gasteiger partial charge on any atom is 0.220 e. The number of phenols is 1. The molecule has 0 saturated carbocycles. The molecular formula is C14H17N3O2. The van der Waals surface area contributed by atoms with Gasteiger partial charge in [-0.25, -0.2) is 0 Å². The van der Waals surface area contributed by atoms with Crippen LogP contribution in [0.25, 0.3) is 0 Å². The zero-order chi connectivity index (χ0) is 13.7. The number of nitrogens with one attached hydrogen (secondary N) is 2. The number of rotatable bonds is 5. The average molecular weight is 259 g/mol. The van der Waals surface area contributed by atoms with Crippen LogP contribution >= 0.6 is 0 Å². The van der Waals surface area contributed by atoms with Crippen LogP contribution in [0, 0.1) is 6.92 Å². The van der Waals surface area contributed by atoms with E-state index in [-0.39, 0.29) is 11.7 Å². The van der Waals surface area contributed by atoms with Crippen LogP contribution < -0.4 is 5.32 Å². The Morgan fingerprint density at radius 3 is 2.84 bits per heavy atom. The number of aromatic amines is 1. The van der Waals surface area contributed by atoms with Crippen molar-refractivity contribution in [3.8, 4) is 5.75 Å². The van der Waals surface area contributed by atoms with Gasteiger partial charge in [-0.05, 0) is 25.0 Å². The number of aromatic nitrogens is 2. The lowest BCUT2D eigenvalue weighted by molar-refractivity contribution is -0.121. The summed E-state index contributed by atoms with van der Waals surface area (Å²) in [6, 6.07) is 7.06. The van der Waals surface area contributed by atoms with Gasteiger partial charge < -0.3 is 10.4 Å². The van der Waals surface area contributed by atoms with Crippen LogP contribution in [0.15, 0.2) is 30.5 Å². The van der Waals surface area contributed by atoms with Crippen LogP contribution in [0.2, 0.25) is 0 Å². The first kappa shape index (κ1) is 13.1. The summed E-state index contributed by atoms with van der Waals surface area (Å²) in [6.07, 6.45) is 2.59. The molecule has 0 fully saturated rings. The van der Waals surface area contributed by atoms with Gasteiger partial charge in [-0.2, -0.15) is 5.10 Å². The van der Waals surface area contributed by atoms with E-state index in [1.807, 2.05) is 19.1 Å². The van der Waals surface area contributed by atoms with E-state index in [0.717, 1.165) is 16.8 Å². The van der Waals surface area contributed by atoms with Gasteiger partial charge in [0.15, 0.2) is 0 Å². The first-order chi connectivity index (χ1) is 9.16. The highest BCUT2D eigenvalue weighted by Gasteiger charge is 2.06. The number of carbonyl (C=O) groups excluding carboxylic acids is 1. The summed E-state index contributed by atoms with van der Waals surface area (Å²) in [7, 11) is 0. The Balaban J connectivity index is 1.79. The highest BCUT2D eigenvalue weighted by atomic mass is 16.3. The molecule has 0 bridgehead atoms. The van der Waals surface area contributed by atoms with Gasteiger partial charge in [-0.3, -0.25) is 9.89 Å².